The first-order chi connectivity index (χ1) is 29.8. The van der Waals surface area contributed by atoms with E-state index in [4.69, 9.17) is 42.1 Å². The number of carbonyl (C=O) groups is 3. The number of nitrogens with two attached hydrogens (primary N) is 3. The number of carbonyl (C=O) groups excluding carboxylic acids is 5. The molecule has 0 aromatic rings. The molecular weight excluding hydrogens is 997 g/mol. The number of hydrogen-bond donors (Lipinski definition) is 12. The Bertz CT molecular complexity index is 1080. The molecule has 392 valence electrons. The highest BCUT2D eigenvalue weighted by Crippen LogP contribution is 2.28. The first kappa shape index (κ1) is 75.0. The van der Waals surface area contributed by atoms with Crippen LogP contribution in [0, 0.1) is 0 Å². The van der Waals surface area contributed by atoms with Crippen molar-refractivity contribution < 1.29 is 49.1 Å². The monoisotopic (exact) mass is 1090 g/mol. The lowest BCUT2D eigenvalue weighted by Gasteiger charge is -2.32. The fourth-order valence-corrected chi connectivity index (χ4v) is 5.20. The summed E-state index contributed by atoms with van der Waals surface area (Å²) in [4.78, 5) is 54.0. The van der Waals surface area contributed by atoms with Gasteiger partial charge in [0.15, 0.2) is 0 Å². The summed E-state index contributed by atoms with van der Waals surface area (Å²) in [7, 11) is 2.59. The van der Waals surface area contributed by atoms with E-state index in [1.165, 1.54) is 0 Å². The second-order valence-corrected chi connectivity index (χ2v) is 21.4. The molecule has 5 aliphatic rings. The number of urea groups is 1. The molecule has 5 aliphatic heterocycles. The van der Waals surface area contributed by atoms with E-state index in [0.29, 0.717) is 51.2 Å². The molecular formula is C40H94IN12O10P2-. The third kappa shape index (κ3) is 53.3. The van der Waals surface area contributed by atoms with Crippen LogP contribution >= 0.6 is 36.9 Å². The Morgan fingerprint density at radius 2 is 1.14 bits per heavy atom. The molecule has 65 heavy (non-hydrogen) atoms. The van der Waals surface area contributed by atoms with Crippen molar-refractivity contribution in [1.29, 1.82) is 0 Å². The van der Waals surface area contributed by atoms with Crippen LogP contribution in [0.3, 0.4) is 0 Å². The maximum Gasteiger partial charge on any atom is 0.407 e. The molecule has 5 saturated heterocycles. The van der Waals surface area contributed by atoms with Gasteiger partial charge in [-0.1, -0.05) is 36.9 Å². The lowest BCUT2D eigenvalue weighted by atomic mass is 10.1. The smallest absolute Gasteiger partial charge is 0.407 e. The van der Waals surface area contributed by atoms with Gasteiger partial charge < -0.3 is 84.0 Å². The van der Waals surface area contributed by atoms with E-state index in [2.05, 4.69) is 91.3 Å². The summed E-state index contributed by atoms with van der Waals surface area (Å²) < 4.78 is 4.61. The largest absolute Gasteiger partial charge is 0.550 e. The Balaban J connectivity index is -0.000000156. The van der Waals surface area contributed by atoms with Gasteiger partial charge in [0.25, 0.3) is 0 Å². The van der Waals surface area contributed by atoms with E-state index in [1.54, 1.807) is 25.7 Å². The molecule has 5 heterocycles. The van der Waals surface area contributed by atoms with Crippen molar-refractivity contribution >= 4 is 61.1 Å². The molecule has 3 amide bonds. The van der Waals surface area contributed by atoms with Crippen molar-refractivity contribution in [1.82, 2.24) is 46.6 Å². The lowest BCUT2D eigenvalue weighted by molar-refractivity contribution is -0.306. The number of aliphatic carboxylic acids is 1. The highest BCUT2D eigenvalue weighted by atomic mass is 127. The minimum Gasteiger partial charge on any atom is -0.550 e. The Labute approximate surface area is 408 Å². The second kappa shape index (κ2) is 53.5. The maximum atomic E-state index is 11.0. The summed E-state index contributed by atoms with van der Waals surface area (Å²) in [6.45, 7) is 29.5. The zero-order chi connectivity index (χ0) is 49.0. The Morgan fingerprint density at radius 1 is 0.769 bits per heavy atom. The lowest BCUT2D eigenvalue weighted by Crippen LogP contribution is -2.49. The first-order valence-corrected chi connectivity index (χ1v) is 27.4. The fraction of sp³-hybridized carbons (Fsp3) is 0.900. The standard InChI is InChI=1S/C9H18N2O2.C7H17N3.C7H14N2O2.C4H10N2.C4H7NO2.2C3H9NO.CO2.2CH4.H3IP2/c1-8(2-3-9(12)13)11-6-4-10-5-7-11;1-7(6-8)10-4-2-9-3-5-10;1-5-3-8-7(11)9(5)4-6(2)10;1-2-6-4-3-5-1;1-3-2-5-4(6)7-3;2*1-3(5)2-4;2-1-3;;;1-3-2/h8,10H,2-7H2,1H3,(H,12,13);7,9H,2-6,8H2,1H3;5-6,10H,3-4H2,1-2H3,(H,8,11);5-6H,1-4H2;3H,2H2,1H3,(H,5,6);2*3,5H,2,4H2,1H3;;2*1H4;3H,2H2/p-1. The molecule has 0 bridgehead atoms. The molecule has 0 aromatic carbocycles. The van der Waals surface area contributed by atoms with Crippen LogP contribution in [0.4, 0.5) is 9.59 Å². The van der Waals surface area contributed by atoms with Gasteiger partial charge in [0.2, 0.25) is 0 Å². The molecule has 9 unspecified atom stereocenters. The van der Waals surface area contributed by atoms with Crippen molar-refractivity contribution in [3.8, 4) is 0 Å². The Kier molecular flexibility index (Phi) is 61.7. The highest BCUT2D eigenvalue weighted by molar-refractivity contribution is 14.2. The average Bonchev–Trinajstić information content (AvgIpc) is 3.82. The molecule has 0 aliphatic carbocycles. The van der Waals surface area contributed by atoms with Crippen molar-refractivity contribution in [2.24, 2.45) is 17.2 Å². The molecule has 9 atom stereocenters. The number of rotatable bonds is 10. The number of ether oxygens (including phenoxy) is 1. The van der Waals surface area contributed by atoms with Crippen LogP contribution in [0.5, 0.6) is 0 Å². The first-order valence-electron chi connectivity index (χ1n) is 21.5. The van der Waals surface area contributed by atoms with Gasteiger partial charge in [-0.3, -0.25) is 9.80 Å². The number of hydrogen-bond acceptors (Lipinski definition) is 19. The van der Waals surface area contributed by atoms with Gasteiger partial charge in [0, 0.05) is 135 Å². The van der Waals surface area contributed by atoms with E-state index < -0.39 is 12.1 Å². The minimum absolute atomic E-state index is 0. The number of nitrogens with one attached hydrogen (secondary N) is 6. The van der Waals surface area contributed by atoms with Crippen LogP contribution in [0.2, 0.25) is 0 Å². The van der Waals surface area contributed by atoms with Gasteiger partial charge in [0.05, 0.1) is 24.9 Å². The van der Waals surface area contributed by atoms with Crippen molar-refractivity contribution in [2.45, 2.75) is 119 Å². The third-order valence-electron chi connectivity index (χ3n) is 8.94. The number of carboxylic acid groups (broad SMARTS) is 1. The summed E-state index contributed by atoms with van der Waals surface area (Å²) in [5.74, 6) is 0.0274. The van der Waals surface area contributed by atoms with Gasteiger partial charge in [-0.25, -0.2) is 9.59 Å². The van der Waals surface area contributed by atoms with Gasteiger partial charge in [-0.15, -0.1) is 8.93 Å². The summed E-state index contributed by atoms with van der Waals surface area (Å²) in [6.07, 6.45) is -0.237. The van der Waals surface area contributed by atoms with Crippen LogP contribution in [-0.4, -0.2) is 215 Å². The number of carboxylic acids is 1. The number of aliphatic hydroxyl groups excluding tert-OH is 3. The SMILES string of the molecule is C.C.C1CNCCN1.CC(CCC(=O)[O-])N1CCNCC1.CC(CN)N1CCNCC1.CC(O)CN.CC(O)CN.CC(O)CN1C(=O)NCC1C.CC1CNC(=O)O1.O=C=O.PPI. The number of amides is 3. The van der Waals surface area contributed by atoms with Gasteiger partial charge in [-0.05, 0) is 67.2 Å². The number of halogens is 1. The summed E-state index contributed by atoms with van der Waals surface area (Å²) in [5, 5.41) is 54.0. The van der Waals surface area contributed by atoms with Crippen molar-refractivity contribution in [2.75, 3.05) is 118 Å². The second-order valence-electron chi connectivity index (χ2n) is 14.9. The van der Waals surface area contributed by atoms with E-state index in [1.807, 2.05) is 13.8 Å². The average molecular weight is 1090 g/mol. The summed E-state index contributed by atoms with van der Waals surface area (Å²) >= 11 is 2.28. The van der Waals surface area contributed by atoms with Crippen LogP contribution in [0.1, 0.15) is 76.2 Å². The van der Waals surface area contributed by atoms with Crippen LogP contribution in [0.15, 0.2) is 0 Å². The molecule has 0 aromatic heterocycles. The zero-order valence-electron chi connectivity index (χ0n) is 38.9. The van der Waals surface area contributed by atoms with Gasteiger partial charge >= 0.3 is 18.3 Å². The predicted octanol–water partition coefficient (Wildman–Crippen LogP) is -1.73. The number of alkyl carbamates (subject to hydrolysis) is 1. The molecule has 0 radical (unpaired) electrons. The predicted molar refractivity (Wildman–Crippen MR) is 274 cm³/mol. The third-order valence-corrected chi connectivity index (χ3v) is 8.94. The normalized spacial score (nSPS) is 20.9. The Hall–Kier alpha value is -1.50. The van der Waals surface area contributed by atoms with E-state index in [-0.39, 0.29) is 63.9 Å². The molecule has 15 N–H and O–H groups in total. The topological polar surface area (TPSA) is 338 Å². The molecule has 0 spiro atoms. The summed E-state index contributed by atoms with van der Waals surface area (Å²) in [6, 6.07) is 1.05. The van der Waals surface area contributed by atoms with Crippen molar-refractivity contribution in [3.05, 3.63) is 0 Å². The fourth-order valence-electron chi connectivity index (χ4n) is 5.20. The van der Waals surface area contributed by atoms with Gasteiger partial charge in [-0.2, -0.15) is 9.59 Å². The number of aliphatic hydroxyl groups is 3. The molecule has 0 saturated carbocycles. The molecule has 5 rings (SSSR count). The molecule has 22 nitrogen and oxygen atoms in total. The quantitative estimate of drug-likeness (QED) is 0.0854. The number of piperazine rings is 3. The zero-order valence-corrected chi connectivity index (χ0v) is 43.2. The van der Waals surface area contributed by atoms with Crippen LogP contribution in [0.25, 0.3) is 0 Å². The van der Waals surface area contributed by atoms with E-state index in [9.17, 15) is 19.5 Å². The van der Waals surface area contributed by atoms with Gasteiger partial charge in [0.1, 0.15) is 6.10 Å². The molecule has 25 heteroatoms. The number of β-amino-alcohol motifs (C(OH)–C–C–N with tert-alkyl or cyclic N) is 1. The number of nitrogens with zero attached hydrogens (tertiary/aromatic N) is 3. The van der Waals surface area contributed by atoms with Crippen LogP contribution < -0.4 is 54.2 Å². The highest BCUT2D eigenvalue weighted by Gasteiger charge is 2.27. The maximum absolute atomic E-state index is 11.0. The van der Waals surface area contributed by atoms with E-state index in [0.717, 1.165) is 91.0 Å². The Morgan fingerprint density at radius 3 is 1.37 bits per heavy atom. The minimum atomic E-state index is -0.943. The van der Waals surface area contributed by atoms with E-state index >= 15 is 0 Å². The summed E-state index contributed by atoms with van der Waals surface area (Å²) in [5.41, 5.74) is 15.4. The van der Waals surface area contributed by atoms with Crippen molar-refractivity contribution in [3.63, 3.8) is 0 Å². The molecule has 5 fully saturated rings. The van der Waals surface area contributed by atoms with Crippen LogP contribution in [-0.2, 0) is 19.1 Å². The number of cyclic esters (lactones) is 1.